The summed E-state index contributed by atoms with van der Waals surface area (Å²) in [6.45, 7) is 3.08. The van der Waals surface area contributed by atoms with Crippen LogP contribution in [-0.4, -0.2) is 61.6 Å². The Bertz CT molecular complexity index is 534. The zero-order valence-electron chi connectivity index (χ0n) is 11.0. The number of anilines is 2. The van der Waals surface area contributed by atoms with Crippen molar-refractivity contribution in [3.8, 4) is 6.01 Å². The molecule has 106 valence electrons. The Hall–Kier alpha value is -1.64. The summed E-state index contributed by atoms with van der Waals surface area (Å²) in [6, 6.07) is 0.241. The lowest BCUT2D eigenvalue weighted by atomic mass is 10.5. The van der Waals surface area contributed by atoms with Crippen LogP contribution in [0.5, 0.6) is 6.01 Å². The number of rotatable bonds is 4. The molecule has 0 spiro atoms. The molecule has 1 aromatic rings. The van der Waals surface area contributed by atoms with Gasteiger partial charge in [-0.15, -0.1) is 0 Å². The lowest BCUT2D eigenvalue weighted by Gasteiger charge is -2.26. The van der Waals surface area contributed by atoms with Gasteiger partial charge in [0.2, 0.25) is 11.9 Å². The van der Waals surface area contributed by atoms with E-state index in [0.717, 1.165) is 0 Å². The molecule has 0 amide bonds. The smallest absolute Gasteiger partial charge is 0.323 e. The van der Waals surface area contributed by atoms with Crippen LogP contribution in [-0.2, 0) is 9.84 Å². The molecule has 1 fully saturated rings. The minimum Gasteiger partial charge on any atom is -0.464 e. The number of hydrogen-bond donors (Lipinski definition) is 1. The van der Waals surface area contributed by atoms with Crippen molar-refractivity contribution in [1.82, 2.24) is 15.0 Å². The van der Waals surface area contributed by atoms with Crippen LogP contribution in [0.4, 0.5) is 11.9 Å². The van der Waals surface area contributed by atoms with E-state index in [0.29, 0.717) is 31.6 Å². The molecule has 2 heterocycles. The van der Waals surface area contributed by atoms with Crippen molar-refractivity contribution in [1.29, 1.82) is 0 Å². The van der Waals surface area contributed by atoms with E-state index in [2.05, 4.69) is 20.3 Å². The van der Waals surface area contributed by atoms with Gasteiger partial charge in [-0.3, -0.25) is 0 Å². The minimum atomic E-state index is -2.92. The van der Waals surface area contributed by atoms with Gasteiger partial charge in [-0.1, -0.05) is 0 Å². The first-order valence-electron chi connectivity index (χ1n) is 6.06. The lowest BCUT2D eigenvalue weighted by Crippen LogP contribution is -2.41. The Morgan fingerprint density at radius 2 is 1.95 bits per heavy atom. The first-order chi connectivity index (χ1) is 9.04. The van der Waals surface area contributed by atoms with Crippen LogP contribution >= 0.6 is 0 Å². The zero-order valence-corrected chi connectivity index (χ0v) is 11.8. The van der Waals surface area contributed by atoms with Crippen LogP contribution < -0.4 is 15.0 Å². The Labute approximate surface area is 112 Å². The summed E-state index contributed by atoms with van der Waals surface area (Å²) in [6.07, 6.45) is 0. The molecule has 0 aromatic carbocycles. The Morgan fingerprint density at radius 3 is 2.53 bits per heavy atom. The quantitative estimate of drug-likeness (QED) is 0.795. The fraction of sp³-hybridized carbons (Fsp3) is 0.700. The maximum Gasteiger partial charge on any atom is 0.323 e. The molecule has 0 unspecified atom stereocenters. The van der Waals surface area contributed by atoms with Crippen molar-refractivity contribution in [2.45, 2.75) is 6.92 Å². The predicted octanol–water partition coefficient (Wildman–Crippen LogP) is -0.453. The first kappa shape index (κ1) is 13.8. The molecule has 0 bridgehead atoms. The number of sulfone groups is 1. The third kappa shape index (κ3) is 3.43. The van der Waals surface area contributed by atoms with Crippen molar-refractivity contribution in [2.75, 3.05) is 48.5 Å². The van der Waals surface area contributed by atoms with Crippen LogP contribution in [0.25, 0.3) is 0 Å². The van der Waals surface area contributed by atoms with Crippen LogP contribution in [0.1, 0.15) is 6.92 Å². The van der Waals surface area contributed by atoms with Gasteiger partial charge < -0.3 is 15.0 Å². The van der Waals surface area contributed by atoms with Crippen molar-refractivity contribution in [2.24, 2.45) is 0 Å². The van der Waals surface area contributed by atoms with Gasteiger partial charge >= 0.3 is 6.01 Å². The molecular weight excluding hydrogens is 270 g/mol. The van der Waals surface area contributed by atoms with Crippen LogP contribution in [0.3, 0.4) is 0 Å². The van der Waals surface area contributed by atoms with E-state index in [1.54, 1.807) is 7.05 Å². The van der Waals surface area contributed by atoms with Gasteiger partial charge in [0, 0.05) is 20.1 Å². The van der Waals surface area contributed by atoms with E-state index in [1.165, 1.54) is 0 Å². The third-order valence-corrected chi connectivity index (χ3v) is 4.34. The molecule has 1 aliphatic heterocycles. The summed E-state index contributed by atoms with van der Waals surface area (Å²) in [5, 5.41) is 2.83. The number of nitrogens with one attached hydrogen (secondary N) is 1. The molecule has 8 nitrogen and oxygen atoms in total. The van der Waals surface area contributed by atoms with Gasteiger partial charge in [-0.2, -0.15) is 15.0 Å². The standard InChI is InChI=1S/C10H17N5O3S/c1-3-18-10-13-8(11-2)12-9(14-10)15-4-6-19(16,17)7-5-15/h3-7H2,1-2H3,(H,11,12,13,14). The Balaban J connectivity index is 2.21. The van der Waals surface area contributed by atoms with Crippen molar-refractivity contribution < 1.29 is 13.2 Å². The van der Waals surface area contributed by atoms with Crippen LogP contribution in [0.2, 0.25) is 0 Å². The summed E-state index contributed by atoms with van der Waals surface area (Å²) >= 11 is 0. The molecule has 2 rings (SSSR count). The molecule has 0 saturated carbocycles. The SMILES string of the molecule is CCOc1nc(NC)nc(N2CCS(=O)(=O)CC2)n1. The highest BCUT2D eigenvalue weighted by Gasteiger charge is 2.24. The summed E-state index contributed by atoms with van der Waals surface area (Å²) in [7, 11) is -1.22. The van der Waals surface area contributed by atoms with Crippen LogP contribution in [0.15, 0.2) is 0 Å². The van der Waals surface area contributed by atoms with Gasteiger partial charge in [0.05, 0.1) is 18.1 Å². The summed E-state index contributed by atoms with van der Waals surface area (Å²) in [5.74, 6) is 1.09. The van der Waals surface area contributed by atoms with E-state index >= 15 is 0 Å². The molecular formula is C10H17N5O3S. The van der Waals surface area contributed by atoms with E-state index < -0.39 is 9.84 Å². The fourth-order valence-electron chi connectivity index (χ4n) is 1.71. The van der Waals surface area contributed by atoms with Gasteiger partial charge in [-0.25, -0.2) is 8.42 Å². The highest BCUT2D eigenvalue weighted by Crippen LogP contribution is 2.17. The normalized spacial score (nSPS) is 18.1. The second-order valence-electron chi connectivity index (χ2n) is 4.06. The molecule has 1 aliphatic rings. The first-order valence-corrected chi connectivity index (χ1v) is 7.88. The molecule has 1 N–H and O–H groups in total. The van der Waals surface area contributed by atoms with E-state index in [9.17, 15) is 8.42 Å². The topological polar surface area (TPSA) is 97.3 Å². The highest BCUT2D eigenvalue weighted by molar-refractivity contribution is 7.91. The van der Waals surface area contributed by atoms with Gasteiger partial charge in [-0.05, 0) is 6.92 Å². The predicted molar refractivity (Wildman–Crippen MR) is 71.4 cm³/mol. The van der Waals surface area contributed by atoms with Gasteiger partial charge in [0.15, 0.2) is 9.84 Å². The number of aromatic nitrogens is 3. The maximum atomic E-state index is 11.4. The summed E-state index contributed by atoms with van der Waals surface area (Å²) in [5.41, 5.74) is 0. The molecule has 9 heteroatoms. The number of hydrogen-bond acceptors (Lipinski definition) is 8. The minimum absolute atomic E-state index is 0.123. The average molecular weight is 287 g/mol. The molecule has 0 radical (unpaired) electrons. The summed E-state index contributed by atoms with van der Waals surface area (Å²) in [4.78, 5) is 14.3. The summed E-state index contributed by atoms with van der Waals surface area (Å²) < 4.78 is 28.1. The van der Waals surface area contributed by atoms with Crippen molar-refractivity contribution in [3.63, 3.8) is 0 Å². The monoisotopic (exact) mass is 287 g/mol. The maximum absolute atomic E-state index is 11.4. The third-order valence-electron chi connectivity index (χ3n) is 2.73. The molecule has 1 saturated heterocycles. The molecule has 19 heavy (non-hydrogen) atoms. The second kappa shape index (κ2) is 5.55. The zero-order chi connectivity index (χ0) is 13.9. The van der Waals surface area contributed by atoms with Crippen molar-refractivity contribution in [3.05, 3.63) is 0 Å². The van der Waals surface area contributed by atoms with E-state index in [1.807, 2.05) is 11.8 Å². The number of nitrogens with zero attached hydrogens (tertiary/aromatic N) is 4. The fourth-order valence-corrected chi connectivity index (χ4v) is 2.91. The molecule has 1 aromatic heterocycles. The van der Waals surface area contributed by atoms with Gasteiger partial charge in [0.1, 0.15) is 0 Å². The van der Waals surface area contributed by atoms with E-state index in [-0.39, 0.29) is 17.5 Å². The van der Waals surface area contributed by atoms with E-state index in [4.69, 9.17) is 4.74 Å². The Morgan fingerprint density at radius 1 is 1.26 bits per heavy atom. The van der Waals surface area contributed by atoms with Crippen LogP contribution in [0, 0.1) is 0 Å². The average Bonchev–Trinajstić information content (AvgIpc) is 2.38. The lowest BCUT2D eigenvalue weighted by molar-refractivity contribution is 0.312. The highest BCUT2D eigenvalue weighted by atomic mass is 32.2. The molecule has 0 aliphatic carbocycles. The largest absolute Gasteiger partial charge is 0.464 e. The number of ether oxygens (including phenoxy) is 1. The van der Waals surface area contributed by atoms with Crippen molar-refractivity contribution >= 4 is 21.7 Å². The molecule has 0 atom stereocenters. The van der Waals surface area contributed by atoms with Gasteiger partial charge in [0.25, 0.3) is 0 Å². The Kier molecular flexibility index (Phi) is 4.03. The second-order valence-corrected chi connectivity index (χ2v) is 6.37.